The van der Waals surface area contributed by atoms with Gasteiger partial charge in [-0.1, -0.05) is 129 Å². The zero-order chi connectivity index (χ0) is 26.4. The van der Waals surface area contributed by atoms with Crippen LogP contribution in [-0.2, 0) is 14.3 Å². The summed E-state index contributed by atoms with van der Waals surface area (Å²) in [7, 11) is 0. The van der Waals surface area contributed by atoms with Gasteiger partial charge in [-0.3, -0.25) is 9.59 Å². The lowest BCUT2D eigenvalue weighted by atomic mass is 10.0. The van der Waals surface area contributed by atoms with Crippen LogP contribution in [0, 0.1) is 0 Å². The van der Waals surface area contributed by atoms with Crippen molar-refractivity contribution in [3.63, 3.8) is 0 Å². The zero-order valence-corrected chi connectivity index (χ0v) is 23.1. The molecule has 0 aliphatic rings. The summed E-state index contributed by atoms with van der Waals surface area (Å²) in [6, 6.07) is 0. The first-order valence-electron chi connectivity index (χ1n) is 14.6. The molecule has 0 saturated heterocycles. The maximum Gasteiger partial charge on any atom is 0.305 e. The fourth-order valence-corrected chi connectivity index (χ4v) is 3.83. The minimum atomic E-state index is -0.950. The number of rotatable bonds is 25. The molecule has 35 heavy (non-hydrogen) atoms. The highest BCUT2D eigenvalue weighted by Gasteiger charge is 2.07. The van der Waals surface area contributed by atoms with E-state index in [1.165, 1.54) is 96.3 Å². The lowest BCUT2D eigenvalue weighted by Crippen LogP contribution is -2.21. The van der Waals surface area contributed by atoms with E-state index < -0.39 is 12.1 Å². The molecule has 1 unspecified atom stereocenters. The lowest BCUT2D eigenvalue weighted by Gasteiger charge is -2.08. The van der Waals surface area contributed by atoms with E-state index in [4.69, 9.17) is 20.1 Å². The van der Waals surface area contributed by atoms with Crippen LogP contribution in [0.2, 0.25) is 0 Å². The molecule has 0 saturated carbocycles. The second-order valence-electron chi connectivity index (χ2n) is 9.78. The van der Waals surface area contributed by atoms with E-state index in [0.717, 1.165) is 32.1 Å². The van der Waals surface area contributed by atoms with E-state index in [-0.39, 0.29) is 19.2 Å². The molecule has 0 bridgehead atoms. The second kappa shape index (κ2) is 30.9. The van der Waals surface area contributed by atoms with Gasteiger partial charge in [-0.15, -0.1) is 0 Å². The first-order valence-corrected chi connectivity index (χ1v) is 14.6. The lowest BCUT2D eigenvalue weighted by molar-refractivity contribution is -0.147. The van der Waals surface area contributed by atoms with Crippen LogP contribution >= 0.6 is 0 Å². The van der Waals surface area contributed by atoms with Crippen LogP contribution in [0.15, 0.2) is 0 Å². The number of carbonyl (C=O) groups is 2. The van der Waals surface area contributed by atoms with Crippen LogP contribution in [0.4, 0.5) is 0 Å². The summed E-state index contributed by atoms with van der Waals surface area (Å²) < 4.78 is 4.75. The van der Waals surface area contributed by atoms with Crippen molar-refractivity contribution >= 4 is 11.9 Å². The van der Waals surface area contributed by atoms with Crippen LogP contribution < -0.4 is 0 Å². The molecule has 210 valence electrons. The Hall–Kier alpha value is -1.14. The Balaban J connectivity index is 0. The molecule has 0 amide bonds. The van der Waals surface area contributed by atoms with Gasteiger partial charge < -0.3 is 20.1 Å². The van der Waals surface area contributed by atoms with Gasteiger partial charge in [0.15, 0.2) is 0 Å². The van der Waals surface area contributed by atoms with Gasteiger partial charge in [0.25, 0.3) is 0 Å². The van der Waals surface area contributed by atoms with E-state index in [1.54, 1.807) is 0 Å². The van der Waals surface area contributed by atoms with Gasteiger partial charge >= 0.3 is 11.9 Å². The first-order chi connectivity index (χ1) is 17.0. The molecule has 3 N–H and O–H groups in total. The molecule has 0 rings (SSSR count). The highest BCUT2D eigenvalue weighted by atomic mass is 16.5. The summed E-state index contributed by atoms with van der Waals surface area (Å²) in [5.41, 5.74) is 0. The SMILES string of the molecule is CCCCCCCC(=O)OCC(O)CO.CCCCCCCCCCCCCCCCCC(=O)O. The van der Waals surface area contributed by atoms with Gasteiger partial charge in [0.2, 0.25) is 0 Å². The molecule has 0 fully saturated rings. The normalized spacial score (nSPS) is 11.5. The number of unbranched alkanes of at least 4 members (excludes halogenated alkanes) is 18. The van der Waals surface area contributed by atoms with Crippen molar-refractivity contribution in [1.29, 1.82) is 0 Å². The molecule has 1 atom stereocenters. The predicted octanol–water partition coefficient (Wildman–Crippen LogP) is 7.58. The van der Waals surface area contributed by atoms with Crippen LogP contribution in [-0.4, -0.2) is 46.6 Å². The molecule has 0 aromatic heterocycles. The molecule has 0 radical (unpaired) electrons. The predicted molar refractivity (Wildman–Crippen MR) is 145 cm³/mol. The quantitative estimate of drug-likeness (QED) is 0.0878. The molecule has 0 aliphatic heterocycles. The number of carbonyl (C=O) groups excluding carboxylic acids is 1. The molecule has 6 heteroatoms. The van der Waals surface area contributed by atoms with E-state index in [1.807, 2.05) is 0 Å². The van der Waals surface area contributed by atoms with E-state index in [2.05, 4.69) is 13.8 Å². The van der Waals surface area contributed by atoms with Gasteiger partial charge in [-0.2, -0.15) is 0 Å². The average Bonchev–Trinajstić information content (AvgIpc) is 2.85. The van der Waals surface area contributed by atoms with E-state index in [9.17, 15) is 9.59 Å². The van der Waals surface area contributed by atoms with Crippen molar-refractivity contribution in [3.05, 3.63) is 0 Å². The minimum Gasteiger partial charge on any atom is -0.481 e. The van der Waals surface area contributed by atoms with Crippen molar-refractivity contribution in [3.8, 4) is 0 Å². The number of aliphatic hydroxyl groups is 2. The topological polar surface area (TPSA) is 104 Å². The minimum absolute atomic E-state index is 0.107. The second-order valence-corrected chi connectivity index (χ2v) is 9.78. The van der Waals surface area contributed by atoms with Crippen molar-refractivity contribution in [2.24, 2.45) is 0 Å². The van der Waals surface area contributed by atoms with Crippen LogP contribution in [0.25, 0.3) is 0 Å². The maximum absolute atomic E-state index is 11.1. The Kier molecular flexibility index (Phi) is 31.8. The molecule has 6 nitrogen and oxygen atoms in total. The number of esters is 1. The highest BCUT2D eigenvalue weighted by molar-refractivity contribution is 5.69. The zero-order valence-electron chi connectivity index (χ0n) is 23.1. The number of ether oxygens (including phenoxy) is 1. The van der Waals surface area contributed by atoms with Crippen LogP contribution in [0.3, 0.4) is 0 Å². The Morgan fingerprint density at radius 3 is 1.29 bits per heavy atom. The third kappa shape index (κ3) is 35.1. The first kappa shape index (κ1) is 36.0. The fourth-order valence-electron chi connectivity index (χ4n) is 3.83. The van der Waals surface area contributed by atoms with Gasteiger partial charge in [0, 0.05) is 12.8 Å². The van der Waals surface area contributed by atoms with Crippen LogP contribution in [0.1, 0.15) is 155 Å². The van der Waals surface area contributed by atoms with Gasteiger partial charge in [-0.25, -0.2) is 0 Å². The molecule has 0 aromatic carbocycles. The molecular formula is C29H58O6. The van der Waals surface area contributed by atoms with Crippen molar-refractivity contribution in [1.82, 2.24) is 0 Å². The van der Waals surface area contributed by atoms with Crippen LogP contribution in [0.5, 0.6) is 0 Å². The van der Waals surface area contributed by atoms with Gasteiger partial charge in [-0.05, 0) is 12.8 Å². The Morgan fingerprint density at radius 2 is 0.943 bits per heavy atom. The third-order valence-corrected chi connectivity index (χ3v) is 6.13. The Bertz CT molecular complexity index is 441. The summed E-state index contributed by atoms with van der Waals surface area (Å²) in [4.78, 5) is 21.4. The highest BCUT2D eigenvalue weighted by Crippen LogP contribution is 2.13. The number of hydrogen-bond donors (Lipinski definition) is 3. The number of carboxylic acid groups (broad SMARTS) is 1. The largest absolute Gasteiger partial charge is 0.481 e. The summed E-state index contributed by atoms with van der Waals surface area (Å²) in [5, 5.41) is 25.9. The number of aliphatic carboxylic acids is 1. The molecular weight excluding hydrogens is 444 g/mol. The van der Waals surface area contributed by atoms with Gasteiger partial charge in [0.1, 0.15) is 12.7 Å². The standard InChI is InChI=1S/C18H36O2.C11H22O4/c1-2-3-4-5-6-7-8-9-10-11-12-13-14-15-16-17-18(19)20;1-2-3-4-5-6-7-11(14)15-9-10(13)8-12/h2-17H2,1H3,(H,19,20);10,12-13H,2-9H2,1H3. The van der Waals surface area contributed by atoms with Crippen molar-refractivity contribution in [2.75, 3.05) is 13.2 Å². The Morgan fingerprint density at radius 1 is 0.600 bits per heavy atom. The third-order valence-electron chi connectivity index (χ3n) is 6.13. The summed E-state index contributed by atoms with van der Waals surface area (Å²) in [5.74, 6) is -0.946. The smallest absolute Gasteiger partial charge is 0.305 e. The number of carboxylic acids is 1. The summed E-state index contributed by atoms with van der Waals surface area (Å²) in [6.07, 6.45) is 25.1. The summed E-state index contributed by atoms with van der Waals surface area (Å²) >= 11 is 0. The van der Waals surface area contributed by atoms with Crippen molar-refractivity contribution < 1.29 is 29.6 Å². The fraction of sp³-hybridized carbons (Fsp3) is 0.931. The molecule has 0 aliphatic carbocycles. The average molecular weight is 503 g/mol. The monoisotopic (exact) mass is 502 g/mol. The molecule has 0 spiro atoms. The molecule has 0 aromatic rings. The number of hydrogen-bond acceptors (Lipinski definition) is 5. The maximum atomic E-state index is 11.1. The van der Waals surface area contributed by atoms with E-state index in [0.29, 0.717) is 12.8 Å². The Labute approximate surface area is 216 Å². The summed E-state index contributed by atoms with van der Waals surface area (Å²) in [6.45, 7) is 3.94. The van der Waals surface area contributed by atoms with Crippen molar-refractivity contribution in [2.45, 2.75) is 161 Å². The number of aliphatic hydroxyl groups excluding tert-OH is 2. The van der Waals surface area contributed by atoms with Gasteiger partial charge in [0.05, 0.1) is 6.61 Å². The molecule has 0 heterocycles. The van der Waals surface area contributed by atoms with E-state index >= 15 is 0 Å².